The minimum absolute atomic E-state index is 0.328. The lowest BCUT2D eigenvalue weighted by atomic mass is 10.1. The number of rotatable bonds is 7. The Morgan fingerprint density at radius 3 is 2.73 bits per heavy atom. The number of fused-ring (bicyclic) bond motifs is 2. The fraction of sp³-hybridized carbons (Fsp3) is 0.148. The van der Waals surface area contributed by atoms with Crippen molar-refractivity contribution in [3.63, 3.8) is 0 Å². The summed E-state index contributed by atoms with van der Waals surface area (Å²) < 4.78 is 14.6. The van der Waals surface area contributed by atoms with Crippen molar-refractivity contribution in [3.05, 3.63) is 73.1 Å². The van der Waals surface area contributed by atoms with Gasteiger partial charge in [0.25, 0.3) is 0 Å². The summed E-state index contributed by atoms with van der Waals surface area (Å²) in [7, 11) is 4.00. The van der Waals surface area contributed by atoms with Crippen LogP contribution in [0.25, 0.3) is 56.0 Å². The summed E-state index contributed by atoms with van der Waals surface area (Å²) in [6.45, 7) is 1.54. The molecule has 0 atom stereocenters. The molecule has 184 valence electrons. The lowest BCUT2D eigenvalue weighted by molar-refractivity contribution is 0.425. The van der Waals surface area contributed by atoms with Gasteiger partial charge in [-0.05, 0) is 56.1 Å². The van der Waals surface area contributed by atoms with Crippen molar-refractivity contribution in [2.75, 3.05) is 32.5 Å². The quantitative estimate of drug-likeness (QED) is 0.295. The third kappa shape index (κ3) is 4.50. The second-order valence-corrected chi connectivity index (χ2v) is 9.03. The Morgan fingerprint density at radius 2 is 1.89 bits per heavy atom. The minimum Gasteiger partial charge on any atom is -0.384 e. The molecule has 0 amide bonds. The van der Waals surface area contributed by atoms with Crippen molar-refractivity contribution in [2.45, 2.75) is 0 Å². The fourth-order valence-corrected chi connectivity index (χ4v) is 4.28. The second kappa shape index (κ2) is 9.40. The molecule has 0 spiro atoms. The molecule has 0 unspecified atom stereocenters. The Labute approximate surface area is 211 Å². The third-order valence-corrected chi connectivity index (χ3v) is 6.09. The number of aromatic nitrogens is 7. The number of nitrogens with zero attached hydrogens (tertiary/aromatic N) is 6. The Balaban J connectivity index is 1.41. The van der Waals surface area contributed by atoms with Crippen molar-refractivity contribution < 1.29 is 4.39 Å². The molecule has 5 aromatic heterocycles. The first-order valence-corrected chi connectivity index (χ1v) is 11.8. The monoisotopic (exact) mass is 493 g/mol. The van der Waals surface area contributed by atoms with Crippen LogP contribution in [-0.2, 0) is 0 Å². The summed E-state index contributed by atoms with van der Waals surface area (Å²) in [6, 6.07) is 12.6. The van der Waals surface area contributed by atoms with E-state index in [9.17, 15) is 4.39 Å². The second-order valence-electron chi connectivity index (χ2n) is 9.03. The Hall–Kier alpha value is -4.70. The topological polar surface area (TPSA) is 111 Å². The number of hydrogen-bond acceptors (Lipinski definition) is 7. The zero-order valence-electron chi connectivity index (χ0n) is 20.3. The van der Waals surface area contributed by atoms with Crippen molar-refractivity contribution in [1.29, 1.82) is 0 Å². The molecule has 1 aromatic carbocycles. The molecular formula is C27H24FN9. The van der Waals surface area contributed by atoms with Crippen molar-refractivity contribution in [2.24, 2.45) is 0 Å². The highest BCUT2D eigenvalue weighted by molar-refractivity contribution is 5.97. The van der Waals surface area contributed by atoms with Gasteiger partial charge in [0.15, 0.2) is 5.82 Å². The molecule has 0 aliphatic carbocycles. The molecule has 0 bridgehead atoms. The summed E-state index contributed by atoms with van der Waals surface area (Å²) in [5.74, 6) is 0.250. The van der Waals surface area contributed by atoms with E-state index in [1.165, 1.54) is 12.1 Å². The number of anilines is 1. The average Bonchev–Trinajstić information content (AvgIpc) is 3.52. The highest BCUT2D eigenvalue weighted by atomic mass is 19.1. The Kier molecular flexibility index (Phi) is 5.78. The highest BCUT2D eigenvalue weighted by Crippen LogP contribution is 2.33. The van der Waals surface area contributed by atoms with Crippen LogP contribution in [0.2, 0.25) is 0 Å². The molecule has 37 heavy (non-hydrogen) atoms. The first-order valence-electron chi connectivity index (χ1n) is 11.8. The maximum Gasteiger partial charge on any atom is 0.159 e. The lowest BCUT2D eigenvalue weighted by Crippen LogP contribution is -2.20. The van der Waals surface area contributed by atoms with Crippen LogP contribution in [0.5, 0.6) is 0 Å². The van der Waals surface area contributed by atoms with Crippen LogP contribution in [0.15, 0.2) is 67.3 Å². The zero-order chi connectivity index (χ0) is 25.4. The molecule has 0 radical (unpaired) electrons. The molecular weight excluding hydrogens is 469 g/mol. The number of halogens is 1. The van der Waals surface area contributed by atoms with Gasteiger partial charge in [0.2, 0.25) is 0 Å². The molecule has 0 saturated carbocycles. The minimum atomic E-state index is -0.328. The summed E-state index contributed by atoms with van der Waals surface area (Å²) in [5, 5.41) is 11.7. The van der Waals surface area contributed by atoms with E-state index in [0.717, 1.165) is 39.9 Å². The molecule has 5 heterocycles. The summed E-state index contributed by atoms with van der Waals surface area (Å²) in [5.41, 5.74) is 6.49. The normalized spacial score (nSPS) is 11.6. The summed E-state index contributed by atoms with van der Waals surface area (Å²) in [6.07, 6.45) is 6.89. The van der Waals surface area contributed by atoms with Crippen LogP contribution < -0.4 is 5.32 Å². The maximum atomic E-state index is 14.6. The predicted molar refractivity (Wildman–Crippen MR) is 142 cm³/mol. The van der Waals surface area contributed by atoms with E-state index in [1.54, 1.807) is 24.8 Å². The van der Waals surface area contributed by atoms with E-state index >= 15 is 0 Å². The highest BCUT2D eigenvalue weighted by Gasteiger charge is 2.17. The number of H-pyrrole nitrogens is 2. The van der Waals surface area contributed by atoms with E-state index in [4.69, 9.17) is 4.98 Å². The van der Waals surface area contributed by atoms with Gasteiger partial charge < -0.3 is 15.2 Å². The van der Waals surface area contributed by atoms with Gasteiger partial charge >= 0.3 is 0 Å². The lowest BCUT2D eigenvalue weighted by Gasteiger charge is -2.12. The van der Waals surface area contributed by atoms with Gasteiger partial charge in [-0.15, -0.1) is 0 Å². The van der Waals surface area contributed by atoms with Crippen molar-refractivity contribution in [1.82, 2.24) is 40.0 Å². The van der Waals surface area contributed by atoms with Gasteiger partial charge in [0.05, 0.1) is 40.3 Å². The molecule has 0 saturated heterocycles. The fourth-order valence-electron chi connectivity index (χ4n) is 4.28. The molecule has 6 aromatic rings. The van der Waals surface area contributed by atoms with Crippen LogP contribution in [0, 0.1) is 5.82 Å². The summed E-state index contributed by atoms with van der Waals surface area (Å²) in [4.78, 5) is 23.5. The van der Waals surface area contributed by atoms with Gasteiger partial charge in [-0.2, -0.15) is 5.10 Å². The number of nitrogens with one attached hydrogen (secondary N) is 3. The zero-order valence-corrected chi connectivity index (χ0v) is 20.3. The number of aromatic amines is 2. The van der Waals surface area contributed by atoms with Crippen LogP contribution in [0.3, 0.4) is 0 Å². The number of benzene rings is 1. The molecule has 0 aliphatic rings. The number of likely N-dealkylation sites (N-methyl/N-ethyl adjacent to an activating group) is 1. The Morgan fingerprint density at radius 1 is 0.973 bits per heavy atom. The first-order chi connectivity index (χ1) is 18.0. The smallest absolute Gasteiger partial charge is 0.159 e. The SMILES string of the molecule is CN(C)CCNc1cc(F)cc(-c2cncc3[nH]c(-c4n[nH]c5cnc(-c6ccccn6)cc45)nc23)c1. The molecule has 0 aliphatic heterocycles. The van der Waals surface area contributed by atoms with Gasteiger partial charge in [-0.3, -0.25) is 20.1 Å². The van der Waals surface area contributed by atoms with E-state index < -0.39 is 0 Å². The largest absolute Gasteiger partial charge is 0.384 e. The Bertz CT molecular complexity index is 1710. The maximum absolute atomic E-state index is 14.6. The number of imidazole rings is 1. The van der Waals surface area contributed by atoms with Crippen LogP contribution in [0.1, 0.15) is 0 Å². The molecule has 10 heteroatoms. The van der Waals surface area contributed by atoms with E-state index in [0.29, 0.717) is 34.8 Å². The van der Waals surface area contributed by atoms with E-state index in [2.05, 4.69) is 40.3 Å². The number of pyridine rings is 3. The van der Waals surface area contributed by atoms with Crippen LogP contribution in [-0.4, -0.2) is 67.2 Å². The van der Waals surface area contributed by atoms with Crippen LogP contribution in [0.4, 0.5) is 10.1 Å². The first kappa shape index (κ1) is 22.7. The molecule has 0 fully saturated rings. The predicted octanol–water partition coefficient (Wildman–Crippen LogP) is 4.74. The number of hydrogen-bond donors (Lipinski definition) is 3. The standard InChI is InChI=1S/C27H24FN9/c1-37(2)8-7-30-18-10-16(9-17(28)11-18)20-13-29-14-24-25(20)34-27(33-24)26-19-12-22(21-5-3-4-6-31-21)32-15-23(19)35-36-26/h3-6,9-15,30H,7-8H2,1-2H3,(H,33,34)(H,35,36). The molecule has 6 rings (SSSR count). The van der Waals surface area contributed by atoms with E-state index in [1.807, 2.05) is 44.4 Å². The van der Waals surface area contributed by atoms with Gasteiger partial charge in [0, 0.05) is 42.1 Å². The van der Waals surface area contributed by atoms with Crippen molar-refractivity contribution >= 4 is 27.6 Å². The third-order valence-electron chi connectivity index (χ3n) is 6.09. The summed E-state index contributed by atoms with van der Waals surface area (Å²) >= 11 is 0. The van der Waals surface area contributed by atoms with Crippen LogP contribution >= 0.6 is 0 Å². The molecule has 9 nitrogen and oxygen atoms in total. The van der Waals surface area contributed by atoms with Crippen molar-refractivity contribution in [3.8, 4) is 34.0 Å². The average molecular weight is 494 g/mol. The van der Waals surface area contributed by atoms with E-state index in [-0.39, 0.29) is 5.82 Å². The van der Waals surface area contributed by atoms with Gasteiger partial charge in [-0.1, -0.05) is 6.07 Å². The van der Waals surface area contributed by atoms with Gasteiger partial charge in [0.1, 0.15) is 11.5 Å². The van der Waals surface area contributed by atoms with Gasteiger partial charge in [-0.25, -0.2) is 9.37 Å². The molecule has 3 N–H and O–H groups in total.